The Labute approximate surface area is 163 Å². The van der Waals surface area contributed by atoms with E-state index in [1.807, 2.05) is 6.07 Å². The minimum absolute atomic E-state index is 0.0376. The molecule has 1 fully saturated rings. The van der Waals surface area contributed by atoms with Crippen molar-refractivity contribution < 1.29 is 14.3 Å². The van der Waals surface area contributed by atoms with Crippen molar-refractivity contribution in [2.45, 2.75) is 25.5 Å². The molecular formula is C19H16N4O4S. The third kappa shape index (κ3) is 2.75. The molecule has 0 spiro atoms. The Balaban J connectivity index is 1.35. The topological polar surface area (TPSA) is 93.0 Å². The number of anilines is 2. The van der Waals surface area contributed by atoms with Crippen LogP contribution in [0.15, 0.2) is 40.6 Å². The lowest BCUT2D eigenvalue weighted by Gasteiger charge is -2.33. The van der Waals surface area contributed by atoms with Gasteiger partial charge in [0.05, 0.1) is 22.6 Å². The first-order valence-electron chi connectivity index (χ1n) is 8.94. The second-order valence-corrected chi connectivity index (χ2v) is 7.66. The van der Waals surface area contributed by atoms with Crippen molar-refractivity contribution in [3.8, 4) is 0 Å². The highest BCUT2D eigenvalue weighted by Crippen LogP contribution is 2.37. The van der Waals surface area contributed by atoms with Crippen LogP contribution in [0.3, 0.4) is 0 Å². The van der Waals surface area contributed by atoms with Gasteiger partial charge in [-0.3, -0.25) is 14.0 Å². The molecular weight excluding hydrogens is 380 g/mol. The lowest BCUT2D eigenvalue weighted by atomic mass is 10.1. The number of amides is 1. The van der Waals surface area contributed by atoms with Crippen molar-refractivity contribution in [3.63, 3.8) is 0 Å². The number of nitrogens with one attached hydrogen (secondary N) is 1. The molecule has 142 valence electrons. The molecule has 1 atom stereocenters. The zero-order valence-corrected chi connectivity index (χ0v) is 15.6. The molecule has 3 aromatic rings. The maximum atomic E-state index is 12.5. The molecule has 28 heavy (non-hydrogen) atoms. The number of carbonyl (C=O) groups excluding carboxylic acids is 2. The molecule has 2 aromatic heterocycles. The summed E-state index contributed by atoms with van der Waals surface area (Å²) in [5, 5.41) is 4.65. The number of carbonyl (C=O) groups is 2. The van der Waals surface area contributed by atoms with E-state index in [0.717, 1.165) is 25.1 Å². The zero-order chi connectivity index (χ0) is 19.3. The monoisotopic (exact) mass is 396 g/mol. The van der Waals surface area contributed by atoms with Gasteiger partial charge in [-0.25, -0.2) is 9.78 Å². The SMILES string of the molecule is O=C(OCc1cc(=O)n2ccsc2n1)c1ccc2c(c1)NC(=O)[C@@H]1CCCN21. The third-order valence-electron chi connectivity index (χ3n) is 5.06. The fourth-order valence-corrected chi connectivity index (χ4v) is 4.48. The third-order valence-corrected chi connectivity index (χ3v) is 5.82. The summed E-state index contributed by atoms with van der Waals surface area (Å²) in [7, 11) is 0. The van der Waals surface area contributed by atoms with Crippen molar-refractivity contribution >= 4 is 39.5 Å². The largest absolute Gasteiger partial charge is 0.456 e. The number of ether oxygens (including phenoxy) is 1. The van der Waals surface area contributed by atoms with Crippen LogP contribution in [0.1, 0.15) is 28.9 Å². The molecule has 0 saturated carbocycles. The number of hydrogen-bond acceptors (Lipinski definition) is 7. The van der Waals surface area contributed by atoms with E-state index < -0.39 is 5.97 Å². The number of aromatic nitrogens is 2. The van der Waals surface area contributed by atoms with Crippen LogP contribution in [0, 0.1) is 0 Å². The molecule has 8 nitrogen and oxygen atoms in total. The summed E-state index contributed by atoms with van der Waals surface area (Å²) in [6.45, 7) is 0.738. The molecule has 9 heteroatoms. The van der Waals surface area contributed by atoms with Gasteiger partial charge in [-0.05, 0) is 31.0 Å². The molecule has 1 amide bonds. The quantitative estimate of drug-likeness (QED) is 0.681. The van der Waals surface area contributed by atoms with E-state index >= 15 is 0 Å². The summed E-state index contributed by atoms with van der Waals surface area (Å²) < 4.78 is 6.77. The highest BCUT2D eigenvalue weighted by molar-refractivity contribution is 7.15. The predicted molar refractivity (Wildman–Crippen MR) is 104 cm³/mol. The molecule has 2 aliphatic heterocycles. The van der Waals surface area contributed by atoms with Gasteiger partial charge in [0, 0.05) is 24.2 Å². The predicted octanol–water partition coefficient (Wildman–Crippen LogP) is 2.03. The Morgan fingerprint density at radius 3 is 3.11 bits per heavy atom. The van der Waals surface area contributed by atoms with Crippen LogP contribution in [0.2, 0.25) is 0 Å². The van der Waals surface area contributed by atoms with Gasteiger partial charge in [0.2, 0.25) is 5.91 Å². The lowest BCUT2D eigenvalue weighted by molar-refractivity contribution is -0.117. The van der Waals surface area contributed by atoms with Gasteiger partial charge in [0.15, 0.2) is 4.96 Å². The first-order valence-corrected chi connectivity index (χ1v) is 9.82. The van der Waals surface area contributed by atoms with E-state index in [9.17, 15) is 14.4 Å². The van der Waals surface area contributed by atoms with Crippen LogP contribution in [0.5, 0.6) is 0 Å². The van der Waals surface area contributed by atoms with E-state index in [1.54, 1.807) is 23.7 Å². The van der Waals surface area contributed by atoms with Crippen molar-refractivity contribution in [3.05, 3.63) is 57.5 Å². The number of thiazole rings is 1. The molecule has 1 aromatic carbocycles. The average molecular weight is 396 g/mol. The van der Waals surface area contributed by atoms with Gasteiger partial charge in [0.25, 0.3) is 5.56 Å². The van der Waals surface area contributed by atoms with Crippen LogP contribution in [-0.2, 0) is 16.1 Å². The standard InChI is InChI=1S/C19H16N4O4S/c24-16-9-12(20-19-23(16)6-7-28-19)10-27-18(26)11-3-4-14-13(8-11)21-17(25)15-2-1-5-22(14)15/h3-4,6-9,15H,1-2,5,10H2,(H,21,25)/t15-/m0/s1. The Morgan fingerprint density at radius 2 is 2.21 bits per heavy atom. The van der Waals surface area contributed by atoms with E-state index in [2.05, 4.69) is 15.2 Å². The minimum atomic E-state index is -0.534. The van der Waals surface area contributed by atoms with Crippen molar-refractivity contribution in [1.29, 1.82) is 0 Å². The Kier molecular flexibility index (Phi) is 3.90. The van der Waals surface area contributed by atoms with Crippen molar-refractivity contribution in [1.82, 2.24) is 9.38 Å². The molecule has 1 N–H and O–H groups in total. The number of benzene rings is 1. The first kappa shape index (κ1) is 16.9. The van der Waals surface area contributed by atoms with Gasteiger partial charge in [-0.1, -0.05) is 0 Å². The van der Waals surface area contributed by atoms with Crippen LogP contribution in [0.25, 0.3) is 4.96 Å². The maximum absolute atomic E-state index is 12.5. The molecule has 4 heterocycles. The van der Waals surface area contributed by atoms with Gasteiger partial charge in [0.1, 0.15) is 12.6 Å². The summed E-state index contributed by atoms with van der Waals surface area (Å²) in [5.74, 6) is -0.571. The van der Waals surface area contributed by atoms with Crippen LogP contribution in [0.4, 0.5) is 11.4 Å². The van der Waals surface area contributed by atoms with Crippen LogP contribution < -0.4 is 15.8 Å². The van der Waals surface area contributed by atoms with Gasteiger partial charge >= 0.3 is 5.97 Å². The van der Waals surface area contributed by atoms with Crippen LogP contribution in [-0.4, -0.2) is 33.8 Å². The summed E-state index contributed by atoms with van der Waals surface area (Å²) in [6, 6.07) is 6.40. The zero-order valence-electron chi connectivity index (χ0n) is 14.8. The number of esters is 1. The summed E-state index contributed by atoms with van der Waals surface area (Å²) in [6.07, 6.45) is 3.47. The fraction of sp³-hybridized carbons (Fsp3) is 0.263. The highest BCUT2D eigenvalue weighted by atomic mass is 32.1. The molecule has 2 aliphatic rings. The lowest BCUT2D eigenvalue weighted by Crippen LogP contribution is -2.43. The molecule has 0 bridgehead atoms. The van der Waals surface area contributed by atoms with Gasteiger partial charge in [-0.2, -0.15) is 0 Å². The molecule has 0 unspecified atom stereocenters. The second kappa shape index (κ2) is 6.45. The first-order chi connectivity index (χ1) is 13.6. The van der Waals surface area contributed by atoms with Crippen molar-refractivity contribution in [2.24, 2.45) is 0 Å². The van der Waals surface area contributed by atoms with Gasteiger partial charge < -0.3 is 15.0 Å². The van der Waals surface area contributed by atoms with Crippen LogP contribution >= 0.6 is 11.3 Å². The van der Waals surface area contributed by atoms with E-state index in [1.165, 1.54) is 21.8 Å². The van der Waals surface area contributed by atoms with E-state index in [4.69, 9.17) is 4.74 Å². The Morgan fingerprint density at radius 1 is 1.32 bits per heavy atom. The number of rotatable bonds is 3. The average Bonchev–Trinajstić information content (AvgIpc) is 3.35. The normalized spacial score (nSPS) is 17.9. The molecule has 0 aliphatic carbocycles. The van der Waals surface area contributed by atoms with E-state index in [-0.39, 0.29) is 24.1 Å². The number of fused-ring (bicyclic) bond motifs is 4. The second-order valence-electron chi connectivity index (χ2n) is 6.79. The summed E-state index contributed by atoms with van der Waals surface area (Å²) in [4.78, 5) is 43.6. The fourth-order valence-electron chi connectivity index (χ4n) is 3.74. The highest BCUT2D eigenvalue weighted by Gasteiger charge is 2.36. The smallest absolute Gasteiger partial charge is 0.338 e. The van der Waals surface area contributed by atoms with Gasteiger partial charge in [-0.15, -0.1) is 11.3 Å². The maximum Gasteiger partial charge on any atom is 0.338 e. The molecule has 1 saturated heterocycles. The summed E-state index contributed by atoms with van der Waals surface area (Å²) in [5.41, 5.74) is 2.07. The number of nitrogens with zero attached hydrogens (tertiary/aromatic N) is 3. The van der Waals surface area contributed by atoms with E-state index in [0.29, 0.717) is 21.9 Å². The Bertz CT molecular complexity index is 1170. The summed E-state index contributed by atoms with van der Waals surface area (Å²) >= 11 is 1.34. The molecule has 5 rings (SSSR count). The number of hydrogen-bond donors (Lipinski definition) is 1. The van der Waals surface area contributed by atoms with Crippen molar-refractivity contribution in [2.75, 3.05) is 16.8 Å². The molecule has 0 radical (unpaired) electrons. The minimum Gasteiger partial charge on any atom is -0.456 e. The Hall–Kier alpha value is -3.20.